The van der Waals surface area contributed by atoms with Crippen LogP contribution in [0.15, 0.2) is 27.6 Å². The van der Waals surface area contributed by atoms with E-state index in [1.54, 1.807) is 6.07 Å². The maximum atomic E-state index is 12.2. The molecule has 2 aromatic rings. The summed E-state index contributed by atoms with van der Waals surface area (Å²) in [7, 11) is -2.39. The molecular formula is C16H20N2O6S. The highest BCUT2D eigenvalue weighted by Gasteiger charge is 2.24. The average Bonchev–Trinajstić information content (AvgIpc) is 2.90. The molecule has 1 aromatic heterocycles. The lowest BCUT2D eigenvalue weighted by atomic mass is 10.1. The van der Waals surface area contributed by atoms with Gasteiger partial charge in [-0.25, -0.2) is 8.42 Å². The first kappa shape index (κ1) is 18.9. The molecule has 0 saturated heterocycles. The normalized spacial score (nSPS) is 11.4. The maximum Gasteiger partial charge on any atom is 0.321 e. The summed E-state index contributed by atoms with van der Waals surface area (Å²) in [5.74, 6) is 0.0384. The van der Waals surface area contributed by atoms with Gasteiger partial charge in [-0.2, -0.15) is 4.72 Å². The summed E-state index contributed by atoms with van der Waals surface area (Å²) >= 11 is 0. The van der Waals surface area contributed by atoms with Crippen LogP contribution in [-0.2, 0) is 26.2 Å². The topological polar surface area (TPSA) is 108 Å². The summed E-state index contributed by atoms with van der Waals surface area (Å²) in [5.41, 5.74) is 1.92. The summed E-state index contributed by atoms with van der Waals surface area (Å²) in [5, 5.41) is 3.59. The Balaban J connectivity index is 1.96. The van der Waals surface area contributed by atoms with Crippen LogP contribution in [0.1, 0.15) is 22.6 Å². The molecular weight excluding hydrogens is 348 g/mol. The van der Waals surface area contributed by atoms with Gasteiger partial charge in [0.2, 0.25) is 10.0 Å². The van der Waals surface area contributed by atoms with Crippen LogP contribution in [0.2, 0.25) is 0 Å². The van der Waals surface area contributed by atoms with Crippen LogP contribution in [-0.4, -0.2) is 33.2 Å². The Bertz CT molecular complexity index is 853. The van der Waals surface area contributed by atoms with E-state index in [9.17, 15) is 13.2 Å². The highest BCUT2D eigenvalue weighted by molar-refractivity contribution is 7.89. The number of aromatic nitrogens is 1. The fourth-order valence-electron chi connectivity index (χ4n) is 2.31. The van der Waals surface area contributed by atoms with Crippen molar-refractivity contribution in [2.24, 2.45) is 0 Å². The summed E-state index contributed by atoms with van der Waals surface area (Å²) in [6.45, 7) is 4.38. The zero-order valence-electron chi connectivity index (χ0n) is 14.5. The molecule has 0 fully saturated rings. The number of nitrogens with one attached hydrogen (secondary N) is 1. The Labute approximate surface area is 146 Å². The van der Waals surface area contributed by atoms with Gasteiger partial charge in [0.25, 0.3) is 0 Å². The number of esters is 1. The van der Waals surface area contributed by atoms with E-state index in [0.29, 0.717) is 11.3 Å². The number of benzene rings is 1. The van der Waals surface area contributed by atoms with Gasteiger partial charge in [-0.3, -0.25) is 4.79 Å². The van der Waals surface area contributed by atoms with E-state index >= 15 is 0 Å². The van der Waals surface area contributed by atoms with E-state index in [1.807, 2.05) is 19.1 Å². The van der Waals surface area contributed by atoms with Crippen molar-refractivity contribution in [1.82, 2.24) is 9.88 Å². The van der Waals surface area contributed by atoms with Gasteiger partial charge in [0.15, 0.2) is 5.76 Å². The maximum absolute atomic E-state index is 12.2. The average molecular weight is 368 g/mol. The molecule has 0 aliphatic rings. The Morgan fingerprint density at radius 2 is 2.00 bits per heavy atom. The number of carbonyl (C=O) groups excluding carboxylic acids is 1. The molecule has 25 heavy (non-hydrogen) atoms. The van der Waals surface area contributed by atoms with E-state index in [-0.39, 0.29) is 23.0 Å². The predicted octanol–water partition coefficient (Wildman–Crippen LogP) is 1.63. The number of hydrogen-bond donors (Lipinski definition) is 1. The largest absolute Gasteiger partial charge is 0.496 e. The van der Waals surface area contributed by atoms with Crippen molar-refractivity contribution in [3.63, 3.8) is 0 Å². The highest BCUT2D eigenvalue weighted by Crippen LogP contribution is 2.21. The van der Waals surface area contributed by atoms with Gasteiger partial charge in [-0.1, -0.05) is 16.8 Å². The number of rotatable bonds is 7. The summed E-state index contributed by atoms with van der Waals surface area (Å²) in [4.78, 5) is 11.8. The second-order valence-electron chi connectivity index (χ2n) is 5.45. The zero-order valence-corrected chi connectivity index (χ0v) is 15.3. The first-order valence-electron chi connectivity index (χ1n) is 7.46. The number of methoxy groups -OCH3 is 1. The molecule has 0 aliphatic heterocycles. The number of sulfonamides is 1. The molecule has 9 heteroatoms. The molecule has 0 unspecified atom stereocenters. The van der Waals surface area contributed by atoms with E-state index in [2.05, 4.69) is 9.88 Å². The molecule has 0 atom stereocenters. The zero-order chi connectivity index (χ0) is 18.6. The number of ether oxygens (including phenoxy) is 2. The quantitative estimate of drug-likeness (QED) is 0.740. The fraction of sp³-hybridized carbons (Fsp3) is 0.375. The van der Waals surface area contributed by atoms with Gasteiger partial charge < -0.3 is 14.0 Å². The fourth-order valence-corrected chi connectivity index (χ4v) is 3.61. The smallest absolute Gasteiger partial charge is 0.321 e. The predicted molar refractivity (Wildman–Crippen MR) is 88.7 cm³/mol. The van der Waals surface area contributed by atoms with Crippen LogP contribution in [0.5, 0.6) is 5.75 Å². The molecule has 0 aliphatic carbocycles. The monoisotopic (exact) mass is 368 g/mol. The minimum atomic E-state index is -3.91. The summed E-state index contributed by atoms with van der Waals surface area (Å²) in [6.07, 6.45) is 0. The molecule has 1 heterocycles. The lowest BCUT2D eigenvalue weighted by Gasteiger charge is -2.11. The number of hydrogen-bond acceptors (Lipinski definition) is 7. The van der Waals surface area contributed by atoms with Crippen LogP contribution in [0.25, 0.3) is 0 Å². The molecule has 2 rings (SSSR count). The lowest BCUT2D eigenvalue weighted by Crippen LogP contribution is -2.31. The summed E-state index contributed by atoms with van der Waals surface area (Å²) in [6, 6.07) is 5.49. The Morgan fingerprint density at radius 3 is 2.60 bits per heavy atom. The third-order valence-corrected chi connectivity index (χ3v) is 5.11. The molecule has 1 N–H and O–H groups in total. The van der Waals surface area contributed by atoms with Crippen molar-refractivity contribution >= 4 is 16.0 Å². The second kappa shape index (κ2) is 7.66. The molecule has 0 bridgehead atoms. The molecule has 136 valence electrons. The SMILES string of the molecule is COc1ccc(C)cc1COC(=O)CNS(=O)(=O)c1c(C)noc1C. The highest BCUT2D eigenvalue weighted by atomic mass is 32.2. The van der Waals surface area contributed by atoms with Crippen LogP contribution in [0.3, 0.4) is 0 Å². The minimum absolute atomic E-state index is 0.0171. The van der Waals surface area contributed by atoms with Crippen LogP contribution in [0, 0.1) is 20.8 Å². The number of carbonyl (C=O) groups is 1. The first-order valence-corrected chi connectivity index (χ1v) is 8.94. The van der Waals surface area contributed by atoms with Crippen molar-refractivity contribution in [2.45, 2.75) is 32.3 Å². The van der Waals surface area contributed by atoms with E-state index in [4.69, 9.17) is 14.0 Å². The Morgan fingerprint density at radius 1 is 1.28 bits per heavy atom. The van der Waals surface area contributed by atoms with Crippen molar-refractivity contribution in [1.29, 1.82) is 0 Å². The van der Waals surface area contributed by atoms with Gasteiger partial charge in [-0.15, -0.1) is 0 Å². The van der Waals surface area contributed by atoms with E-state index < -0.39 is 22.5 Å². The van der Waals surface area contributed by atoms with Gasteiger partial charge in [-0.05, 0) is 32.9 Å². The third-order valence-electron chi connectivity index (χ3n) is 3.47. The second-order valence-corrected chi connectivity index (χ2v) is 7.16. The Hall–Kier alpha value is -2.39. The molecule has 1 aromatic carbocycles. The van der Waals surface area contributed by atoms with E-state index in [0.717, 1.165) is 5.56 Å². The number of nitrogens with zero attached hydrogens (tertiary/aromatic N) is 1. The van der Waals surface area contributed by atoms with Gasteiger partial charge in [0.1, 0.15) is 29.5 Å². The Kier molecular flexibility index (Phi) is 5.81. The van der Waals surface area contributed by atoms with Gasteiger partial charge >= 0.3 is 5.97 Å². The summed E-state index contributed by atoms with van der Waals surface area (Å²) < 4.78 is 41.8. The van der Waals surface area contributed by atoms with Crippen molar-refractivity contribution in [3.8, 4) is 5.75 Å². The molecule has 0 spiro atoms. The van der Waals surface area contributed by atoms with Crippen molar-refractivity contribution in [3.05, 3.63) is 40.8 Å². The molecule has 0 amide bonds. The van der Waals surface area contributed by atoms with Crippen LogP contribution in [0.4, 0.5) is 0 Å². The lowest BCUT2D eigenvalue weighted by molar-refractivity contribution is -0.143. The third kappa shape index (κ3) is 4.58. The molecule has 0 radical (unpaired) electrons. The van der Waals surface area contributed by atoms with Gasteiger partial charge in [0.05, 0.1) is 7.11 Å². The van der Waals surface area contributed by atoms with E-state index in [1.165, 1.54) is 21.0 Å². The molecule has 0 saturated carbocycles. The standard InChI is InChI=1S/C16H20N2O6S/c1-10-5-6-14(22-4)13(7-10)9-23-15(19)8-17-25(20,21)16-11(2)18-24-12(16)3/h5-7,17H,8-9H2,1-4H3. The van der Waals surface area contributed by atoms with Crippen molar-refractivity contribution in [2.75, 3.05) is 13.7 Å². The first-order chi connectivity index (χ1) is 11.7. The molecule has 8 nitrogen and oxygen atoms in total. The van der Waals surface area contributed by atoms with Crippen LogP contribution >= 0.6 is 0 Å². The van der Waals surface area contributed by atoms with Crippen LogP contribution < -0.4 is 9.46 Å². The minimum Gasteiger partial charge on any atom is -0.496 e. The van der Waals surface area contributed by atoms with Gasteiger partial charge in [0, 0.05) is 5.56 Å². The number of aryl methyl sites for hydroxylation is 3. The van der Waals surface area contributed by atoms with Crippen molar-refractivity contribution < 1.29 is 27.2 Å².